The van der Waals surface area contributed by atoms with Crippen LogP contribution in [0.15, 0.2) is 35.0 Å². The number of hydrogen-bond donors (Lipinski definition) is 0. The number of rotatable bonds is 3. The molecule has 0 aromatic heterocycles. The molecular formula is C17H23Cl3SiTi. The zero-order chi connectivity index (χ0) is 13.3. The van der Waals surface area contributed by atoms with Crippen LogP contribution in [0.5, 0.6) is 0 Å². The van der Waals surface area contributed by atoms with Gasteiger partial charge in [0.2, 0.25) is 0 Å². The Balaban J connectivity index is -0.000000902. The van der Waals surface area contributed by atoms with E-state index in [1.54, 1.807) is 0 Å². The second-order valence-corrected chi connectivity index (χ2v) is 11.4. The first-order valence-corrected chi connectivity index (χ1v) is 10.2. The van der Waals surface area contributed by atoms with Gasteiger partial charge in [-0.25, -0.2) is 11.3 Å². The van der Waals surface area contributed by atoms with Gasteiger partial charge in [0.25, 0.3) is 0 Å². The predicted molar refractivity (Wildman–Crippen MR) is 82.4 cm³/mol. The van der Waals surface area contributed by atoms with Gasteiger partial charge in [0, 0.05) is 8.07 Å². The minimum Gasteiger partial charge on any atom is -1.00 e. The van der Waals surface area contributed by atoms with Crippen molar-refractivity contribution in [3.8, 4) is 0 Å². The number of hydrogen-bond acceptors (Lipinski definition) is 0. The van der Waals surface area contributed by atoms with Crippen LogP contribution < -0.4 is 37.2 Å². The van der Waals surface area contributed by atoms with Gasteiger partial charge in [0.1, 0.15) is 0 Å². The maximum atomic E-state index is 3.65. The monoisotopic (exact) mass is 408 g/mol. The Hall–Kier alpha value is 0.501. The third-order valence-electron chi connectivity index (χ3n) is 3.66. The standard InChI is InChI=1S/C17H23Si.3ClH.Ti/c1-13-6-7-15(10-14(13)2)11-16-8-9-17(12-16)18(3,4)5;;;;/h6-7,9-10H,8,11H2,1-5H3;3*1H;/q-1;;;;+4/p-3. The van der Waals surface area contributed by atoms with Gasteiger partial charge in [0.15, 0.2) is 0 Å². The summed E-state index contributed by atoms with van der Waals surface area (Å²) >= 11 is 0. The van der Waals surface area contributed by atoms with Crippen LogP contribution in [0.3, 0.4) is 0 Å². The summed E-state index contributed by atoms with van der Waals surface area (Å²) in [5, 5.41) is 1.50. The van der Waals surface area contributed by atoms with Crippen molar-refractivity contribution in [2.24, 2.45) is 0 Å². The van der Waals surface area contributed by atoms with Gasteiger partial charge < -0.3 is 37.2 Å². The van der Waals surface area contributed by atoms with E-state index >= 15 is 0 Å². The van der Waals surface area contributed by atoms with Crippen molar-refractivity contribution in [1.29, 1.82) is 0 Å². The molecule has 0 saturated carbocycles. The first-order chi connectivity index (χ1) is 8.36. The SMILES string of the molecule is Cc1ccc(CC2=[C-]C([Si](C)(C)C)=CC2)cc1C.[Cl-].[Cl-].[Cl-].[Ti+4]. The Morgan fingerprint density at radius 3 is 2.05 bits per heavy atom. The summed E-state index contributed by atoms with van der Waals surface area (Å²) in [6.45, 7) is 11.5. The summed E-state index contributed by atoms with van der Waals surface area (Å²) in [5.41, 5.74) is 5.65. The molecule has 0 heterocycles. The Bertz CT molecular complexity index is 531. The van der Waals surface area contributed by atoms with Gasteiger partial charge in [-0.05, 0) is 37.0 Å². The Kier molecular flexibility index (Phi) is 13.8. The van der Waals surface area contributed by atoms with Crippen LogP contribution >= 0.6 is 0 Å². The van der Waals surface area contributed by atoms with Crippen LogP contribution in [0.4, 0.5) is 0 Å². The molecular weight excluding hydrogens is 386 g/mol. The summed E-state index contributed by atoms with van der Waals surface area (Å²) in [6.07, 6.45) is 8.21. The van der Waals surface area contributed by atoms with Crippen molar-refractivity contribution >= 4 is 8.07 Å². The molecule has 1 aromatic rings. The molecule has 1 aromatic carbocycles. The number of allylic oxidation sites excluding steroid dienone is 4. The van der Waals surface area contributed by atoms with Gasteiger partial charge in [0.05, 0.1) is 0 Å². The van der Waals surface area contributed by atoms with Crippen LogP contribution in [0.1, 0.15) is 23.1 Å². The zero-order valence-corrected chi connectivity index (χ0v) is 18.7. The molecule has 1 aliphatic rings. The summed E-state index contributed by atoms with van der Waals surface area (Å²) in [5.74, 6) is 0. The quantitative estimate of drug-likeness (QED) is 0.351. The zero-order valence-electron chi connectivity index (χ0n) is 13.9. The Morgan fingerprint density at radius 2 is 1.59 bits per heavy atom. The second kappa shape index (κ2) is 11.1. The molecule has 5 heteroatoms. The molecule has 0 atom stereocenters. The average Bonchev–Trinajstić information content (AvgIpc) is 2.72. The number of aryl methyl sites for hydroxylation is 2. The summed E-state index contributed by atoms with van der Waals surface area (Å²) in [4.78, 5) is 0. The molecule has 0 amide bonds. The third kappa shape index (κ3) is 7.38. The Morgan fingerprint density at radius 1 is 1.00 bits per heavy atom. The number of benzene rings is 1. The van der Waals surface area contributed by atoms with Crippen molar-refractivity contribution < 1.29 is 58.9 Å². The van der Waals surface area contributed by atoms with Crippen LogP contribution in [-0.2, 0) is 28.1 Å². The van der Waals surface area contributed by atoms with Crippen molar-refractivity contribution in [1.82, 2.24) is 0 Å². The van der Waals surface area contributed by atoms with Gasteiger partial charge >= 0.3 is 21.7 Å². The molecule has 0 aliphatic heterocycles. The van der Waals surface area contributed by atoms with E-state index in [2.05, 4.69) is 63.8 Å². The smallest absolute Gasteiger partial charge is 1.00 e. The van der Waals surface area contributed by atoms with E-state index in [1.165, 1.54) is 27.5 Å². The molecule has 0 radical (unpaired) electrons. The van der Waals surface area contributed by atoms with Crippen LogP contribution in [0.25, 0.3) is 0 Å². The fourth-order valence-electron chi connectivity index (χ4n) is 2.29. The summed E-state index contributed by atoms with van der Waals surface area (Å²) in [6, 6.07) is 6.80. The van der Waals surface area contributed by atoms with Crippen LogP contribution in [-0.4, -0.2) is 8.07 Å². The third-order valence-corrected chi connectivity index (χ3v) is 5.61. The van der Waals surface area contributed by atoms with Crippen LogP contribution in [0.2, 0.25) is 19.6 Å². The van der Waals surface area contributed by atoms with Gasteiger partial charge in [-0.3, -0.25) is 6.08 Å². The molecule has 1 aliphatic carbocycles. The molecule has 120 valence electrons. The van der Waals surface area contributed by atoms with Gasteiger partial charge in [-0.15, -0.1) is 0 Å². The largest absolute Gasteiger partial charge is 4.00 e. The second-order valence-electron chi connectivity index (χ2n) is 6.40. The molecule has 0 N–H and O–H groups in total. The molecule has 0 saturated heterocycles. The fourth-order valence-corrected chi connectivity index (χ4v) is 3.55. The maximum absolute atomic E-state index is 3.65. The summed E-state index contributed by atoms with van der Waals surface area (Å²) in [7, 11) is -1.17. The van der Waals surface area contributed by atoms with E-state index in [9.17, 15) is 0 Å². The van der Waals surface area contributed by atoms with Crippen LogP contribution in [0, 0.1) is 19.9 Å². The van der Waals surface area contributed by atoms with E-state index < -0.39 is 8.07 Å². The normalized spacial score (nSPS) is 12.8. The maximum Gasteiger partial charge on any atom is 4.00 e. The fraction of sp³-hybridized carbons (Fsp3) is 0.412. The first-order valence-electron chi connectivity index (χ1n) is 6.75. The minimum absolute atomic E-state index is 0. The average molecular weight is 410 g/mol. The Labute approximate surface area is 170 Å². The first kappa shape index (κ1) is 27.4. The molecule has 0 fully saturated rings. The van der Waals surface area contributed by atoms with E-state index in [0.29, 0.717) is 0 Å². The van der Waals surface area contributed by atoms with E-state index in [4.69, 9.17) is 0 Å². The molecule has 0 unspecified atom stereocenters. The molecule has 0 bridgehead atoms. The minimum atomic E-state index is -1.17. The van der Waals surface area contributed by atoms with E-state index in [1.807, 2.05) is 0 Å². The van der Waals surface area contributed by atoms with Gasteiger partial charge in [-0.2, -0.15) is 5.57 Å². The molecule has 0 spiro atoms. The predicted octanol–water partition coefficient (Wildman–Crippen LogP) is -4.21. The topological polar surface area (TPSA) is 0 Å². The van der Waals surface area contributed by atoms with E-state index in [-0.39, 0.29) is 58.9 Å². The molecule has 22 heavy (non-hydrogen) atoms. The van der Waals surface area contributed by atoms with Crippen molar-refractivity contribution in [3.63, 3.8) is 0 Å². The summed E-state index contributed by atoms with van der Waals surface area (Å²) < 4.78 is 0. The van der Waals surface area contributed by atoms with Crippen molar-refractivity contribution in [2.45, 2.75) is 46.3 Å². The number of halogens is 3. The van der Waals surface area contributed by atoms with Crippen molar-refractivity contribution in [2.75, 3.05) is 0 Å². The molecule has 0 nitrogen and oxygen atoms in total. The van der Waals surface area contributed by atoms with E-state index in [0.717, 1.165) is 12.8 Å². The van der Waals surface area contributed by atoms with Crippen molar-refractivity contribution in [3.05, 3.63) is 57.8 Å². The van der Waals surface area contributed by atoms with Gasteiger partial charge in [-0.1, -0.05) is 44.3 Å². The molecule has 2 rings (SSSR count).